The van der Waals surface area contributed by atoms with Gasteiger partial charge in [-0.05, 0) is 48.9 Å². The maximum atomic E-state index is 12.3. The van der Waals surface area contributed by atoms with E-state index in [0.717, 1.165) is 18.4 Å². The highest BCUT2D eigenvalue weighted by molar-refractivity contribution is 7.14. The van der Waals surface area contributed by atoms with Crippen LogP contribution in [0.3, 0.4) is 0 Å². The summed E-state index contributed by atoms with van der Waals surface area (Å²) >= 11 is 1.54. The minimum Gasteiger partial charge on any atom is -0.451 e. The summed E-state index contributed by atoms with van der Waals surface area (Å²) in [7, 11) is 0. The molecule has 0 N–H and O–H groups in total. The lowest BCUT2D eigenvalue weighted by Crippen LogP contribution is -2.08. The number of rotatable bonds is 4. The summed E-state index contributed by atoms with van der Waals surface area (Å²) in [6.07, 6.45) is 3.29. The van der Waals surface area contributed by atoms with Gasteiger partial charge in [0.05, 0.1) is 0 Å². The average molecular weight is 354 g/mol. The summed E-state index contributed by atoms with van der Waals surface area (Å²) in [6.45, 7) is 2.23. The van der Waals surface area contributed by atoms with E-state index in [-0.39, 0.29) is 12.6 Å². The number of aromatic nitrogens is 2. The third-order valence-electron chi connectivity index (χ3n) is 4.34. The molecule has 2 aromatic heterocycles. The van der Waals surface area contributed by atoms with Crippen molar-refractivity contribution in [3.8, 4) is 11.5 Å². The van der Waals surface area contributed by atoms with E-state index < -0.39 is 0 Å². The van der Waals surface area contributed by atoms with Gasteiger partial charge in [-0.1, -0.05) is 25.1 Å². The second-order valence-corrected chi connectivity index (χ2v) is 7.49. The second kappa shape index (κ2) is 6.80. The third-order valence-corrected chi connectivity index (χ3v) is 5.56. The molecule has 0 amide bonds. The van der Waals surface area contributed by atoms with E-state index in [2.05, 4.69) is 17.1 Å². The smallest absolute Gasteiger partial charge is 0.348 e. The van der Waals surface area contributed by atoms with Gasteiger partial charge in [0, 0.05) is 10.4 Å². The fourth-order valence-electron chi connectivity index (χ4n) is 3.01. The number of nitrogens with zero attached hydrogens (tertiary/aromatic N) is 2. The fourth-order valence-corrected chi connectivity index (χ4v) is 4.12. The standard InChI is InChI=1S/C19H18N2O3S/c1-12-7-8-15-14(9-12)10-16(25-15)19(22)23-11-17-20-21-18(24-17)13-5-3-2-4-6-13/h2-6,10,12H,7-9,11H2,1H3. The third kappa shape index (κ3) is 3.49. The lowest BCUT2D eigenvalue weighted by atomic mass is 9.90. The molecular weight excluding hydrogens is 336 g/mol. The normalized spacial score (nSPS) is 16.4. The molecule has 1 unspecified atom stereocenters. The van der Waals surface area contributed by atoms with Crippen molar-refractivity contribution in [1.29, 1.82) is 0 Å². The summed E-state index contributed by atoms with van der Waals surface area (Å²) in [5.74, 6) is 1.07. The molecule has 0 saturated carbocycles. The molecule has 2 heterocycles. The summed E-state index contributed by atoms with van der Waals surface area (Å²) in [5.41, 5.74) is 2.13. The van der Waals surface area contributed by atoms with Gasteiger partial charge in [-0.25, -0.2) is 4.79 Å². The highest BCUT2D eigenvalue weighted by Crippen LogP contribution is 2.32. The highest BCUT2D eigenvalue weighted by atomic mass is 32.1. The van der Waals surface area contributed by atoms with Crippen LogP contribution >= 0.6 is 11.3 Å². The zero-order valence-electron chi connectivity index (χ0n) is 13.9. The highest BCUT2D eigenvalue weighted by Gasteiger charge is 2.21. The van der Waals surface area contributed by atoms with Gasteiger partial charge in [0.15, 0.2) is 6.61 Å². The topological polar surface area (TPSA) is 65.2 Å². The molecule has 0 fully saturated rings. The monoisotopic (exact) mass is 354 g/mol. The minimum absolute atomic E-state index is 0.0162. The first-order valence-electron chi connectivity index (χ1n) is 8.35. The van der Waals surface area contributed by atoms with Crippen LogP contribution < -0.4 is 0 Å². The molecule has 128 valence electrons. The van der Waals surface area contributed by atoms with E-state index >= 15 is 0 Å². The van der Waals surface area contributed by atoms with Crippen LogP contribution in [0.5, 0.6) is 0 Å². The second-order valence-electron chi connectivity index (χ2n) is 6.35. The zero-order valence-corrected chi connectivity index (χ0v) is 14.7. The summed E-state index contributed by atoms with van der Waals surface area (Å²) < 4.78 is 10.9. The Balaban J connectivity index is 1.40. The molecule has 0 radical (unpaired) electrons. The Morgan fingerprint density at radius 2 is 2.16 bits per heavy atom. The van der Waals surface area contributed by atoms with Crippen LogP contribution in [-0.2, 0) is 24.2 Å². The van der Waals surface area contributed by atoms with Gasteiger partial charge in [0.25, 0.3) is 5.89 Å². The van der Waals surface area contributed by atoms with Crippen LogP contribution in [0.2, 0.25) is 0 Å². The molecule has 5 nitrogen and oxygen atoms in total. The molecule has 0 aliphatic heterocycles. The quantitative estimate of drug-likeness (QED) is 0.654. The number of carbonyl (C=O) groups excluding carboxylic acids is 1. The first-order valence-corrected chi connectivity index (χ1v) is 9.17. The molecular formula is C19H18N2O3S. The van der Waals surface area contributed by atoms with Gasteiger partial charge < -0.3 is 9.15 Å². The van der Waals surface area contributed by atoms with E-state index in [0.29, 0.717) is 22.6 Å². The molecule has 1 aliphatic rings. The summed E-state index contributed by atoms with van der Waals surface area (Å²) in [4.78, 5) is 14.3. The number of aryl methyl sites for hydroxylation is 1. The van der Waals surface area contributed by atoms with Gasteiger partial charge >= 0.3 is 5.97 Å². The van der Waals surface area contributed by atoms with E-state index in [9.17, 15) is 4.79 Å². The number of benzene rings is 1. The molecule has 1 atom stereocenters. The van der Waals surface area contributed by atoms with Crippen molar-refractivity contribution < 1.29 is 13.9 Å². The molecule has 0 saturated heterocycles. The van der Waals surface area contributed by atoms with Crippen LogP contribution in [0.25, 0.3) is 11.5 Å². The Morgan fingerprint density at radius 1 is 1.32 bits per heavy atom. The van der Waals surface area contributed by atoms with Crippen LogP contribution in [-0.4, -0.2) is 16.2 Å². The van der Waals surface area contributed by atoms with Crippen LogP contribution in [0, 0.1) is 5.92 Å². The largest absolute Gasteiger partial charge is 0.451 e. The van der Waals surface area contributed by atoms with Crippen molar-refractivity contribution in [2.75, 3.05) is 0 Å². The molecule has 25 heavy (non-hydrogen) atoms. The van der Waals surface area contributed by atoms with Crippen molar-refractivity contribution in [3.63, 3.8) is 0 Å². The van der Waals surface area contributed by atoms with Gasteiger partial charge in [-0.15, -0.1) is 21.5 Å². The van der Waals surface area contributed by atoms with Gasteiger partial charge in [-0.2, -0.15) is 0 Å². The Hall–Kier alpha value is -2.47. The van der Waals surface area contributed by atoms with Crippen LogP contribution in [0.1, 0.15) is 39.3 Å². The molecule has 1 aromatic carbocycles. The SMILES string of the molecule is CC1CCc2sc(C(=O)OCc3nnc(-c4ccccc4)o3)cc2C1. The lowest BCUT2D eigenvalue weighted by molar-refractivity contribution is 0.0444. The molecule has 4 rings (SSSR count). The minimum atomic E-state index is -0.327. The number of esters is 1. The van der Waals surface area contributed by atoms with E-state index in [1.165, 1.54) is 16.9 Å². The zero-order chi connectivity index (χ0) is 17.2. The van der Waals surface area contributed by atoms with Crippen LogP contribution in [0.4, 0.5) is 0 Å². The van der Waals surface area contributed by atoms with Crippen LogP contribution in [0.15, 0.2) is 40.8 Å². The predicted molar refractivity (Wildman–Crippen MR) is 94.4 cm³/mol. The number of carbonyl (C=O) groups is 1. The number of fused-ring (bicyclic) bond motifs is 1. The maximum Gasteiger partial charge on any atom is 0.348 e. The summed E-state index contributed by atoms with van der Waals surface area (Å²) in [6, 6.07) is 11.5. The molecule has 1 aliphatic carbocycles. The fraction of sp³-hybridized carbons (Fsp3) is 0.316. The van der Waals surface area contributed by atoms with Crippen molar-refractivity contribution in [2.45, 2.75) is 32.8 Å². The number of ether oxygens (including phenoxy) is 1. The maximum absolute atomic E-state index is 12.3. The van der Waals surface area contributed by atoms with Crippen molar-refractivity contribution in [1.82, 2.24) is 10.2 Å². The van der Waals surface area contributed by atoms with Crippen molar-refractivity contribution in [3.05, 3.63) is 57.6 Å². The Kier molecular flexibility index (Phi) is 4.36. The Bertz CT molecular complexity index is 885. The molecule has 0 spiro atoms. The van der Waals surface area contributed by atoms with E-state index in [1.807, 2.05) is 36.4 Å². The van der Waals surface area contributed by atoms with E-state index in [1.54, 1.807) is 11.3 Å². The van der Waals surface area contributed by atoms with Crippen molar-refractivity contribution in [2.24, 2.45) is 5.92 Å². The molecule has 3 aromatic rings. The molecule has 6 heteroatoms. The van der Waals surface area contributed by atoms with E-state index in [4.69, 9.17) is 9.15 Å². The summed E-state index contributed by atoms with van der Waals surface area (Å²) in [5, 5.41) is 7.94. The average Bonchev–Trinajstić information content (AvgIpc) is 3.27. The Labute approximate surface area is 149 Å². The van der Waals surface area contributed by atoms with Gasteiger partial charge in [-0.3, -0.25) is 0 Å². The van der Waals surface area contributed by atoms with Gasteiger partial charge in [0.2, 0.25) is 5.89 Å². The lowest BCUT2D eigenvalue weighted by Gasteiger charge is -2.16. The Morgan fingerprint density at radius 3 is 3.00 bits per heavy atom. The molecule has 0 bridgehead atoms. The number of hydrogen-bond donors (Lipinski definition) is 0. The predicted octanol–water partition coefficient (Wildman–Crippen LogP) is 4.28. The number of thiophene rings is 1. The first-order chi connectivity index (χ1) is 12.2. The van der Waals surface area contributed by atoms with Gasteiger partial charge in [0.1, 0.15) is 4.88 Å². The first kappa shape index (κ1) is 16.0. The number of hydrogen-bond acceptors (Lipinski definition) is 6. The van der Waals surface area contributed by atoms with Crippen molar-refractivity contribution >= 4 is 17.3 Å².